The Bertz CT molecular complexity index is 612. The molecule has 1 amide bonds. The van der Waals surface area contributed by atoms with Crippen LogP contribution in [0.1, 0.15) is 25.0 Å². The summed E-state index contributed by atoms with van der Waals surface area (Å²) in [5.74, 6) is -1.74. The largest absolute Gasteiger partial charge is 0.545 e. The van der Waals surface area contributed by atoms with Gasteiger partial charge < -0.3 is 15.2 Å². The Morgan fingerprint density at radius 3 is 2.68 bits per heavy atom. The number of hydrogen-bond acceptors (Lipinski definition) is 3. The van der Waals surface area contributed by atoms with Crippen LogP contribution in [-0.4, -0.2) is 11.9 Å². The van der Waals surface area contributed by atoms with Crippen molar-refractivity contribution < 1.29 is 14.7 Å². The van der Waals surface area contributed by atoms with E-state index >= 15 is 0 Å². The van der Waals surface area contributed by atoms with E-state index in [1.54, 1.807) is 13.0 Å². The van der Waals surface area contributed by atoms with E-state index in [0.29, 0.717) is 5.70 Å². The number of carboxylic acids is 1. The van der Waals surface area contributed by atoms with E-state index in [-0.39, 0.29) is 11.1 Å². The molecule has 1 aromatic rings. The first kappa shape index (κ1) is 13.1. The summed E-state index contributed by atoms with van der Waals surface area (Å²) < 4.78 is 0. The number of carboxylic acid groups (broad SMARTS) is 1. The van der Waals surface area contributed by atoms with Gasteiger partial charge in [-0.1, -0.05) is 31.2 Å². The molecule has 98 valence electrons. The lowest BCUT2D eigenvalue weighted by Crippen LogP contribution is -2.25. The first-order valence-electron chi connectivity index (χ1n) is 6.08. The zero-order valence-corrected chi connectivity index (χ0v) is 10.8. The molecule has 1 aliphatic rings. The van der Waals surface area contributed by atoms with Crippen molar-refractivity contribution in [1.29, 1.82) is 0 Å². The van der Waals surface area contributed by atoms with Gasteiger partial charge in [-0.25, -0.2) is 0 Å². The van der Waals surface area contributed by atoms with Crippen molar-refractivity contribution in [3.8, 4) is 0 Å². The van der Waals surface area contributed by atoms with E-state index in [0.717, 1.165) is 17.5 Å². The zero-order valence-electron chi connectivity index (χ0n) is 10.8. The van der Waals surface area contributed by atoms with Gasteiger partial charge in [0.2, 0.25) is 0 Å². The van der Waals surface area contributed by atoms with Gasteiger partial charge in [0.1, 0.15) is 0 Å². The van der Waals surface area contributed by atoms with Crippen molar-refractivity contribution in [2.24, 2.45) is 0 Å². The molecule has 0 atom stereocenters. The van der Waals surface area contributed by atoms with Gasteiger partial charge >= 0.3 is 0 Å². The predicted molar refractivity (Wildman–Crippen MR) is 69.6 cm³/mol. The highest BCUT2D eigenvalue weighted by Crippen LogP contribution is 2.24. The maximum absolute atomic E-state index is 11.8. The Balaban J connectivity index is 2.53. The molecule has 4 nitrogen and oxygen atoms in total. The molecule has 0 spiro atoms. The number of aryl methyl sites for hydroxylation is 1. The third-order valence-electron chi connectivity index (χ3n) is 3.13. The van der Waals surface area contributed by atoms with Gasteiger partial charge in [-0.3, -0.25) is 4.79 Å². The van der Waals surface area contributed by atoms with Crippen LogP contribution in [-0.2, 0) is 16.0 Å². The summed E-state index contributed by atoms with van der Waals surface area (Å²) in [6, 6.07) is 7.58. The van der Waals surface area contributed by atoms with Crippen LogP contribution >= 0.6 is 0 Å². The Morgan fingerprint density at radius 1 is 1.37 bits per heavy atom. The van der Waals surface area contributed by atoms with Crippen molar-refractivity contribution in [2.45, 2.75) is 20.3 Å². The topological polar surface area (TPSA) is 69.2 Å². The van der Waals surface area contributed by atoms with E-state index in [1.807, 2.05) is 31.2 Å². The lowest BCUT2D eigenvalue weighted by molar-refractivity contribution is -0.298. The fraction of sp³-hybridized carbons (Fsp3) is 0.200. The molecule has 1 aliphatic heterocycles. The predicted octanol–water partition coefficient (Wildman–Crippen LogP) is 0.786. The molecule has 0 unspecified atom stereocenters. The van der Waals surface area contributed by atoms with Crippen LogP contribution in [0.2, 0.25) is 0 Å². The first-order valence-corrected chi connectivity index (χ1v) is 6.08. The monoisotopic (exact) mass is 256 g/mol. The number of carbonyl (C=O) groups excluding carboxylic acids is 2. The van der Waals surface area contributed by atoms with Crippen molar-refractivity contribution in [2.75, 3.05) is 0 Å². The molecule has 1 heterocycles. The van der Waals surface area contributed by atoms with Gasteiger partial charge in [0.15, 0.2) is 0 Å². The van der Waals surface area contributed by atoms with Gasteiger partial charge in [-0.2, -0.15) is 0 Å². The lowest BCUT2D eigenvalue weighted by atomic mass is 9.99. The summed E-state index contributed by atoms with van der Waals surface area (Å²) in [5, 5.41) is 13.6. The van der Waals surface area contributed by atoms with Gasteiger partial charge in [0, 0.05) is 11.3 Å². The number of benzene rings is 1. The summed E-state index contributed by atoms with van der Waals surface area (Å²) in [5.41, 5.74) is 2.33. The second kappa shape index (κ2) is 5.10. The van der Waals surface area contributed by atoms with Crippen molar-refractivity contribution in [3.63, 3.8) is 0 Å². The van der Waals surface area contributed by atoms with E-state index in [9.17, 15) is 14.7 Å². The SMILES string of the molecule is CCc1ccccc1/C=C1\C(=O)NC(C)=C1C(=O)[O-]. The van der Waals surface area contributed by atoms with E-state index < -0.39 is 11.9 Å². The number of rotatable bonds is 3. The van der Waals surface area contributed by atoms with E-state index in [4.69, 9.17) is 0 Å². The molecule has 0 bridgehead atoms. The van der Waals surface area contributed by atoms with Crippen molar-refractivity contribution in [1.82, 2.24) is 5.32 Å². The van der Waals surface area contributed by atoms with Crippen molar-refractivity contribution >= 4 is 18.0 Å². The molecule has 2 rings (SSSR count). The third kappa shape index (κ3) is 2.42. The number of amides is 1. The second-order valence-electron chi connectivity index (χ2n) is 4.35. The molecule has 0 fully saturated rings. The molecule has 0 saturated heterocycles. The summed E-state index contributed by atoms with van der Waals surface area (Å²) in [6.45, 7) is 3.56. The Hall–Kier alpha value is -2.36. The highest BCUT2D eigenvalue weighted by Gasteiger charge is 2.25. The molecule has 1 aromatic carbocycles. The number of aliphatic carboxylic acids is 1. The second-order valence-corrected chi connectivity index (χ2v) is 4.35. The number of hydrogen-bond donors (Lipinski definition) is 1. The minimum Gasteiger partial charge on any atom is -0.545 e. The average molecular weight is 256 g/mol. The molecular formula is C15H14NO3-. The molecule has 19 heavy (non-hydrogen) atoms. The summed E-state index contributed by atoms with van der Waals surface area (Å²) >= 11 is 0. The van der Waals surface area contributed by atoms with Gasteiger partial charge in [-0.15, -0.1) is 0 Å². The average Bonchev–Trinajstić information content (AvgIpc) is 2.65. The van der Waals surface area contributed by atoms with Crippen LogP contribution in [0.5, 0.6) is 0 Å². The zero-order chi connectivity index (χ0) is 14.0. The van der Waals surface area contributed by atoms with Crippen LogP contribution in [0.25, 0.3) is 6.08 Å². The fourth-order valence-corrected chi connectivity index (χ4v) is 2.17. The quantitative estimate of drug-likeness (QED) is 0.813. The summed E-state index contributed by atoms with van der Waals surface area (Å²) in [7, 11) is 0. The van der Waals surface area contributed by atoms with Crippen molar-refractivity contribution in [3.05, 3.63) is 52.2 Å². The Morgan fingerprint density at radius 2 is 2.05 bits per heavy atom. The van der Waals surface area contributed by atoms with E-state index in [2.05, 4.69) is 5.32 Å². The fourth-order valence-electron chi connectivity index (χ4n) is 2.17. The van der Waals surface area contributed by atoms with Crippen LogP contribution < -0.4 is 10.4 Å². The van der Waals surface area contributed by atoms with Gasteiger partial charge in [0.05, 0.1) is 11.5 Å². The molecule has 0 saturated carbocycles. The number of carbonyl (C=O) groups is 2. The van der Waals surface area contributed by atoms with Crippen LogP contribution in [0.15, 0.2) is 41.1 Å². The third-order valence-corrected chi connectivity index (χ3v) is 3.13. The van der Waals surface area contributed by atoms with Crippen LogP contribution in [0.3, 0.4) is 0 Å². The molecular weight excluding hydrogens is 242 g/mol. The van der Waals surface area contributed by atoms with E-state index in [1.165, 1.54) is 0 Å². The van der Waals surface area contributed by atoms with Gasteiger partial charge in [0.25, 0.3) is 5.91 Å². The standard InChI is InChI=1S/C15H15NO3/c1-3-10-6-4-5-7-11(10)8-12-13(15(18)19)9(2)16-14(12)17/h4-8H,3H2,1-2H3,(H,16,17)(H,18,19)/p-1/b12-8-. The minimum atomic E-state index is -1.34. The maximum Gasteiger partial charge on any atom is 0.256 e. The highest BCUT2D eigenvalue weighted by molar-refractivity contribution is 6.15. The van der Waals surface area contributed by atoms with Crippen LogP contribution in [0.4, 0.5) is 0 Å². The summed E-state index contributed by atoms with van der Waals surface area (Å²) in [6.07, 6.45) is 2.42. The Labute approximate surface area is 111 Å². The highest BCUT2D eigenvalue weighted by atomic mass is 16.4. The number of allylic oxidation sites excluding steroid dienone is 1. The molecule has 0 aliphatic carbocycles. The minimum absolute atomic E-state index is 0.0593. The lowest BCUT2D eigenvalue weighted by Gasteiger charge is -2.07. The maximum atomic E-state index is 11.8. The van der Waals surface area contributed by atoms with Crippen LogP contribution in [0, 0.1) is 0 Å². The molecule has 0 radical (unpaired) electrons. The first-order chi connectivity index (χ1) is 9.04. The molecule has 4 heteroatoms. The number of nitrogens with one attached hydrogen (secondary N) is 1. The Kier molecular flexibility index (Phi) is 3.51. The normalized spacial score (nSPS) is 16.9. The summed E-state index contributed by atoms with van der Waals surface area (Å²) in [4.78, 5) is 22.9. The molecule has 1 N–H and O–H groups in total. The molecule has 0 aromatic heterocycles. The van der Waals surface area contributed by atoms with Gasteiger partial charge in [-0.05, 0) is 30.5 Å². The smallest absolute Gasteiger partial charge is 0.256 e.